The molecule has 1 aromatic carbocycles. The summed E-state index contributed by atoms with van der Waals surface area (Å²) in [5, 5.41) is 9.22. The summed E-state index contributed by atoms with van der Waals surface area (Å²) in [5.41, 5.74) is 0.913. The number of methoxy groups -OCH3 is 1. The fourth-order valence-corrected chi connectivity index (χ4v) is 3.02. The molecule has 120 valence electrons. The molecule has 22 heavy (non-hydrogen) atoms. The van der Waals surface area contributed by atoms with Crippen LogP contribution >= 0.6 is 0 Å². The molecule has 1 heterocycles. The number of hydrogen-bond acceptors (Lipinski definition) is 3. The fraction of sp³-hybridized carbons (Fsp3) is 0.529. The summed E-state index contributed by atoms with van der Waals surface area (Å²) >= 11 is 0. The van der Waals surface area contributed by atoms with E-state index in [1.165, 1.54) is 0 Å². The van der Waals surface area contributed by atoms with Gasteiger partial charge in [-0.05, 0) is 37.0 Å². The van der Waals surface area contributed by atoms with E-state index >= 15 is 0 Å². The standard InChI is InChI=1S/C17H23NO4/c1-11-8-14(17(20)21)10-18(9-11)16(19)12(2)13-4-6-15(22-3)7-5-13/h4-7,11-12,14H,8-10H2,1-3H3,(H,20,21). The Kier molecular flexibility index (Phi) is 5.06. The molecule has 0 aromatic heterocycles. The van der Waals surface area contributed by atoms with E-state index < -0.39 is 11.9 Å². The second-order valence-corrected chi connectivity index (χ2v) is 6.11. The van der Waals surface area contributed by atoms with Gasteiger partial charge in [0.1, 0.15) is 5.75 Å². The summed E-state index contributed by atoms with van der Waals surface area (Å²) < 4.78 is 5.12. The van der Waals surface area contributed by atoms with Gasteiger partial charge < -0.3 is 14.7 Å². The van der Waals surface area contributed by atoms with Gasteiger partial charge in [-0.3, -0.25) is 9.59 Å². The van der Waals surface area contributed by atoms with Crippen molar-refractivity contribution in [3.8, 4) is 5.75 Å². The lowest BCUT2D eigenvalue weighted by Gasteiger charge is -2.36. The summed E-state index contributed by atoms with van der Waals surface area (Å²) in [4.78, 5) is 25.6. The number of carbonyl (C=O) groups excluding carboxylic acids is 1. The number of likely N-dealkylation sites (tertiary alicyclic amines) is 1. The lowest BCUT2D eigenvalue weighted by molar-refractivity contribution is -0.147. The monoisotopic (exact) mass is 305 g/mol. The topological polar surface area (TPSA) is 66.8 Å². The lowest BCUT2D eigenvalue weighted by atomic mass is 9.89. The molecule has 1 N–H and O–H groups in total. The molecule has 1 aliphatic rings. The maximum Gasteiger partial charge on any atom is 0.308 e. The Hall–Kier alpha value is -2.04. The molecule has 3 unspecified atom stereocenters. The van der Waals surface area contributed by atoms with Crippen molar-refractivity contribution in [3.05, 3.63) is 29.8 Å². The van der Waals surface area contributed by atoms with Gasteiger partial charge in [-0.2, -0.15) is 0 Å². The number of carboxylic acid groups (broad SMARTS) is 1. The minimum Gasteiger partial charge on any atom is -0.497 e. The highest BCUT2D eigenvalue weighted by Gasteiger charge is 2.33. The number of benzene rings is 1. The number of nitrogens with zero attached hydrogens (tertiary/aromatic N) is 1. The molecule has 1 aromatic rings. The Bertz CT molecular complexity index is 540. The summed E-state index contributed by atoms with van der Waals surface area (Å²) in [5.74, 6) is -0.617. The van der Waals surface area contributed by atoms with Crippen molar-refractivity contribution >= 4 is 11.9 Å². The Balaban J connectivity index is 2.09. The zero-order valence-corrected chi connectivity index (χ0v) is 13.3. The smallest absolute Gasteiger partial charge is 0.308 e. The largest absolute Gasteiger partial charge is 0.497 e. The van der Waals surface area contributed by atoms with Crippen LogP contribution in [-0.2, 0) is 9.59 Å². The van der Waals surface area contributed by atoms with Crippen LogP contribution in [0.2, 0.25) is 0 Å². The number of amides is 1. The van der Waals surface area contributed by atoms with Crippen molar-refractivity contribution in [2.24, 2.45) is 11.8 Å². The van der Waals surface area contributed by atoms with E-state index in [-0.39, 0.29) is 17.7 Å². The zero-order chi connectivity index (χ0) is 16.3. The van der Waals surface area contributed by atoms with Crippen LogP contribution in [0, 0.1) is 11.8 Å². The molecule has 1 amide bonds. The molecule has 0 bridgehead atoms. The third-order valence-corrected chi connectivity index (χ3v) is 4.31. The van der Waals surface area contributed by atoms with E-state index in [4.69, 9.17) is 4.74 Å². The van der Waals surface area contributed by atoms with E-state index in [1.807, 2.05) is 38.1 Å². The van der Waals surface area contributed by atoms with Crippen molar-refractivity contribution in [1.29, 1.82) is 0 Å². The molecular formula is C17H23NO4. The van der Waals surface area contributed by atoms with Gasteiger partial charge in [0, 0.05) is 13.1 Å². The number of rotatable bonds is 4. The molecule has 3 atom stereocenters. The highest BCUT2D eigenvalue weighted by molar-refractivity contribution is 5.84. The highest BCUT2D eigenvalue weighted by Crippen LogP contribution is 2.26. The van der Waals surface area contributed by atoms with Crippen molar-refractivity contribution in [2.45, 2.75) is 26.2 Å². The van der Waals surface area contributed by atoms with Gasteiger partial charge in [-0.15, -0.1) is 0 Å². The van der Waals surface area contributed by atoms with E-state index in [1.54, 1.807) is 12.0 Å². The molecule has 0 spiro atoms. The van der Waals surface area contributed by atoms with Crippen LogP contribution in [0.5, 0.6) is 5.75 Å². The number of aliphatic carboxylic acids is 1. The molecule has 1 saturated heterocycles. The van der Waals surface area contributed by atoms with Crippen LogP contribution in [0.3, 0.4) is 0 Å². The lowest BCUT2D eigenvalue weighted by Crippen LogP contribution is -2.46. The van der Waals surface area contributed by atoms with Gasteiger partial charge in [0.05, 0.1) is 18.9 Å². The van der Waals surface area contributed by atoms with Crippen LogP contribution in [0.15, 0.2) is 24.3 Å². The van der Waals surface area contributed by atoms with Crippen LogP contribution in [0.4, 0.5) is 0 Å². The average Bonchev–Trinajstić information content (AvgIpc) is 2.53. The Morgan fingerprint density at radius 3 is 2.45 bits per heavy atom. The van der Waals surface area contributed by atoms with E-state index in [0.717, 1.165) is 11.3 Å². The van der Waals surface area contributed by atoms with Crippen molar-refractivity contribution in [2.75, 3.05) is 20.2 Å². The highest BCUT2D eigenvalue weighted by atomic mass is 16.5. The Morgan fingerprint density at radius 1 is 1.27 bits per heavy atom. The normalized spacial score (nSPS) is 23.0. The number of carboxylic acids is 1. The molecule has 0 radical (unpaired) electrons. The predicted molar refractivity (Wildman–Crippen MR) is 82.9 cm³/mol. The first-order valence-electron chi connectivity index (χ1n) is 7.58. The molecule has 0 aliphatic carbocycles. The first kappa shape index (κ1) is 16.3. The third kappa shape index (κ3) is 3.59. The minimum atomic E-state index is -0.818. The summed E-state index contributed by atoms with van der Waals surface area (Å²) in [6, 6.07) is 7.42. The molecule has 1 fully saturated rings. The quantitative estimate of drug-likeness (QED) is 0.927. The first-order chi connectivity index (χ1) is 10.4. The second kappa shape index (κ2) is 6.81. The summed E-state index contributed by atoms with van der Waals surface area (Å²) in [6.45, 7) is 4.79. The van der Waals surface area contributed by atoms with Gasteiger partial charge in [-0.25, -0.2) is 0 Å². The van der Waals surface area contributed by atoms with Crippen LogP contribution in [0.1, 0.15) is 31.7 Å². The predicted octanol–water partition coefficient (Wildman–Crippen LogP) is 2.37. The summed E-state index contributed by atoms with van der Waals surface area (Å²) in [6.07, 6.45) is 0.635. The maximum absolute atomic E-state index is 12.7. The van der Waals surface area contributed by atoms with Crippen LogP contribution in [-0.4, -0.2) is 42.1 Å². The zero-order valence-electron chi connectivity index (χ0n) is 13.3. The molecule has 5 nitrogen and oxygen atoms in total. The summed E-state index contributed by atoms with van der Waals surface area (Å²) in [7, 11) is 1.60. The van der Waals surface area contributed by atoms with E-state index in [0.29, 0.717) is 19.5 Å². The number of ether oxygens (including phenoxy) is 1. The number of piperidine rings is 1. The minimum absolute atomic E-state index is 0.0111. The fourth-order valence-electron chi connectivity index (χ4n) is 3.02. The van der Waals surface area contributed by atoms with Gasteiger partial charge >= 0.3 is 5.97 Å². The molecule has 5 heteroatoms. The van der Waals surface area contributed by atoms with Gasteiger partial charge in [-0.1, -0.05) is 19.1 Å². The number of carbonyl (C=O) groups is 2. The van der Waals surface area contributed by atoms with Crippen molar-refractivity contribution in [1.82, 2.24) is 4.90 Å². The van der Waals surface area contributed by atoms with Gasteiger partial charge in [0.15, 0.2) is 0 Å². The van der Waals surface area contributed by atoms with Crippen molar-refractivity contribution < 1.29 is 19.4 Å². The number of hydrogen-bond donors (Lipinski definition) is 1. The second-order valence-electron chi connectivity index (χ2n) is 6.11. The molecule has 0 saturated carbocycles. The first-order valence-corrected chi connectivity index (χ1v) is 7.58. The van der Waals surface area contributed by atoms with Gasteiger partial charge in [0.25, 0.3) is 0 Å². The van der Waals surface area contributed by atoms with E-state index in [2.05, 4.69) is 0 Å². The van der Waals surface area contributed by atoms with Gasteiger partial charge in [0.2, 0.25) is 5.91 Å². The van der Waals surface area contributed by atoms with E-state index in [9.17, 15) is 14.7 Å². The van der Waals surface area contributed by atoms with Crippen LogP contribution in [0.25, 0.3) is 0 Å². The molecule has 1 aliphatic heterocycles. The molecule has 2 rings (SSSR count). The Morgan fingerprint density at radius 2 is 1.91 bits per heavy atom. The average molecular weight is 305 g/mol. The van der Waals surface area contributed by atoms with Crippen molar-refractivity contribution in [3.63, 3.8) is 0 Å². The SMILES string of the molecule is COc1ccc(C(C)C(=O)N2CC(C)CC(C(=O)O)C2)cc1. The molecular weight excluding hydrogens is 282 g/mol. The Labute approximate surface area is 130 Å². The maximum atomic E-state index is 12.7. The van der Waals surface area contributed by atoms with Crippen LogP contribution < -0.4 is 4.74 Å². The third-order valence-electron chi connectivity index (χ3n) is 4.31.